The van der Waals surface area contributed by atoms with Crippen LogP contribution in [0.1, 0.15) is 30.8 Å². The Hall–Kier alpha value is -3.11. The zero-order chi connectivity index (χ0) is 24.3. The summed E-state index contributed by atoms with van der Waals surface area (Å²) in [6.45, 7) is 1.89. The number of methoxy groups -OCH3 is 2. The van der Waals surface area contributed by atoms with Gasteiger partial charge < -0.3 is 19.4 Å². The van der Waals surface area contributed by atoms with E-state index in [1.165, 1.54) is 18.4 Å². The van der Waals surface area contributed by atoms with Crippen molar-refractivity contribution in [2.75, 3.05) is 28.3 Å². The molecule has 1 unspecified atom stereocenters. The lowest BCUT2D eigenvalue weighted by atomic mass is 10.1. The number of rotatable bonds is 9. The third-order valence-corrected chi connectivity index (χ3v) is 7.39. The monoisotopic (exact) mass is 474 g/mol. The number of nitrogens with zero attached hydrogens (tertiary/aromatic N) is 3. The normalized spacial score (nSPS) is 12.7. The van der Waals surface area contributed by atoms with Crippen molar-refractivity contribution >= 4 is 27.0 Å². The first-order chi connectivity index (χ1) is 15.6. The van der Waals surface area contributed by atoms with E-state index in [0.29, 0.717) is 29.3 Å². The number of fused-ring (bicyclic) bond motifs is 1. The molecule has 0 bridgehead atoms. The van der Waals surface area contributed by atoms with Gasteiger partial charge in [0.25, 0.3) is 0 Å². The van der Waals surface area contributed by atoms with Gasteiger partial charge in [-0.1, -0.05) is 0 Å². The number of benzene rings is 2. The second kappa shape index (κ2) is 9.80. The second-order valence-electron chi connectivity index (χ2n) is 7.92. The average molecular weight is 475 g/mol. The highest BCUT2D eigenvalue weighted by atomic mass is 32.2. The van der Waals surface area contributed by atoms with E-state index in [9.17, 15) is 13.2 Å². The number of aromatic nitrogens is 2. The Morgan fingerprint density at radius 2 is 1.88 bits per heavy atom. The van der Waals surface area contributed by atoms with Crippen molar-refractivity contribution in [3.8, 4) is 11.5 Å². The van der Waals surface area contributed by atoms with Crippen LogP contribution in [-0.2, 0) is 28.3 Å². The molecular weight excluding hydrogens is 444 g/mol. The number of sulfonamides is 1. The maximum Gasteiger partial charge on any atom is 0.242 e. The molecule has 9 nitrogen and oxygen atoms in total. The van der Waals surface area contributed by atoms with Gasteiger partial charge in [0.15, 0.2) is 0 Å². The minimum atomic E-state index is -3.55. The molecule has 178 valence electrons. The number of carbonyl (C=O) groups excluding carboxylic acids is 1. The Kier molecular flexibility index (Phi) is 7.28. The highest BCUT2D eigenvalue weighted by Gasteiger charge is 2.20. The minimum Gasteiger partial charge on any atom is -0.497 e. The molecule has 10 heteroatoms. The quantitative estimate of drug-likeness (QED) is 0.512. The minimum absolute atomic E-state index is 0.129. The zero-order valence-electron chi connectivity index (χ0n) is 19.7. The van der Waals surface area contributed by atoms with E-state index < -0.39 is 10.0 Å². The predicted octanol–water partition coefficient (Wildman–Crippen LogP) is 2.65. The molecule has 33 heavy (non-hydrogen) atoms. The first kappa shape index (κ1) is 24.5. The highest BCUT2D eigenvalue weighted by molar-refractivity contribution is 7.89. The standard InChI is InChI=1S/C23H30N4O5S/c1-15(18-13-16(31-5)7-10-21(18)32-6)24-23(28)12-11-22-25-19-14-17(33(29,30)26(2)3)8-9-20(19)27(22)4/h7-10,13-15H,11-12H2,1-6H3,(H,24,28). The summed E-state index contributed by atoms with van der Waals surface area (Å²) in [5.41, 5.74) is 2.20. The molecule has 2 aromatic carbocycles. The predicted molar refractivity (Wildman–Crippen MR) is 126 cm³/mol. The van der Waals surface area contributed by atoms with Crippen molar-refractivity contribution < 1.29 is 22.7 Å². The molecular formula is C23H30N4O5S. The molecule has 1 amide bonds. The van der Waals surface area contributed by atoms with Crippen LogP contribution in [0.3, 0.4) is 0 Å². The third kappa shape index (κ3) is 5.12. The second-order valence-corrected chi connectivity index (χ2v) is 10.1. The number of aryl methyl sites for hydroxylation is 2. The van der Waals surface area contributed by atoms with Crippen LogP contribution in [0.15, 0.2) is 41.3 Å². The van der Waals surface area contributed by atoms with Gasteiger partial charge in [-0.2, -0.15) is 0 Å². The van der Waals surface area contributed by atoms with Gasteiger partial charge >= 0.3 is 0 Å². The smallest absolute Gasteiger partial charge is 0.242 e. The van der Waals surface area contributed by atoms with E-state index >= 15 is 0 Å². The molecule has 1 atom stereocenters. The van der Waals surface area contributed by atoms with Crippen LogP contribution in [0.25, 0.3) is 11.0 Å². The Morgan fingerprint density at radius 1 is 1.15 bits per heavy atom. The molecule has 0 spiro atoms. The topological polar surface area (TPSA) is 103 Å². The Balaban J connectivity index is 1.72. The largest absolute Gasteiger partial charge is 0.497 e. The number of hydrogen-bond donors (Lipinski definition) is 1. The summed E-state index contributed by atoms with van der Waals surface area (Å²) >= 11 is 0. The van der Waals surface area contributed by atoms with Crippen molar-refractivity contribution in [1.82, 2.24) is 19.2 Å². The zero-order valence-corrected chi connectivity index (χ0v) is 20.6. The lowest BCUT2D eigenvalue weighted by Crippen LogP contribution is -2.27. The average Bonchev–Trinajstić information content (AvgIpc) is 3.11. The molecule has 3 rings (SSSR count). The fourth-order valence-corrected chi connectivity index (χ4v) is 4.54. The molecule has 0 aliphatic carbocycles. The van der Waals surface area contributed by atoms with Crippen LogP contribution in [0, 0.1) is 0 Å². The molecule has 0 aliphatic heterocycles. The van der Waals surface area contributed by atoms with E-state index in [-0.39, 0.29) is 23.3 Å². The van der Waals surface area contributed by atoms with Crippen LogP contribution in [-0.4, -0.2) is 56.5 Å². The number of amides is 1. The fourth-order valence-electron chi connectivity index (χ4n) is 3.62. The van der Waals surface area contributed by atoms with Gasteiger partial charge in [0.1, 0.15) is 17.3 Å². The summed E-state index contributed by atoms with van der Waals surface area (Å²) < 4.78 is 38.6. The van der Waals surface area contributed by atoms with Gasteiger partial charge in [0, 0.05) is 39.5 Å². The van der Waals surface area contributed by atoms with Gasteiger partial charge in [0.05, 0.1) is 36.2 Å². The van der Waals surface area contributed by atoms with Crippen molar-refractivity contribution in [3.63, 3.8) is 0 Å². The van der Waals surface area contributed by atoms with E-state index in [0.717, 1.165) is 11.1 Å². The van der Waals surface area contributed by atoms with Gasteiger partial charge in [0.2, 0.25) is 15.9 Å². The number of imidazole rings is 1. The molecule has 3 aromatic rings. The molecule has 0 saturated heterocycles. The van der Waals surface area contributed by atoms with Crippen molar-refractivity contribution in [3.05, 3.63) is 47.8 Å². The summed E-state index contributed by atoms with van der Waals surface area (Å²) in [6, 6.07) is 10.0. The van der Waals surface area contributed by atoms with E-state index in [1.807, 2.05) is 24.6 Å². The van der Waals surface area contributed by atoms with Gasteiger partial charge in [-0.3, -0.25) is 4.79 Å². The van der Waals surface area contributed by atoms with Crippen molar-refractivity contribution in [2.24, 2.45) is 7.05 Å². The highest BCUT2D eigenvalue weighted by Crippen LogP contribution is 2.29. The summed E-state index contributed by atoms with van der Waals surface area (Å²) in [6.07, 6.45) is 0.644. The maximum absolute atomic E-state index is 12.6. The van der Waals surface area contributed by atoms with E-state index in [4.69, 9.17) is 9.47 Å². The van der Waals surface area contributed by atoms with Crippen LogP contribution in [0.5, 0.6) is 11.5 Å². The Labute approximate surface area is 194 Å². The Morgan fingerprint density at radius 3 is 2.52 bits per heavy atom. The summed E-state index contributed by atoms with van der Waals surface area (Å²) in [5, 5.41) is 2.99. The lowest BCUT2D eigenvalue weighted by molar-refractivity contribution is -0.121. The SMILES string of the molecule is COc1ccc(OC)c(C(C)NC(=O)CCc2nc3cc(S(=O)(=O)N(C)C)ccc3n2C)c1. The van der Waals surface area contributed by atoms with Crippen LogP contribution >= 0.6 is 0 Å². The van der Waals surface area contributed by atoms with Gasteiger partial charge in [-0.05, 0) is 43.3 Å². The first-order valence-corrected chi connectivity index (χ1v) is 11.9. The van der Waals surface area contributed by atoms with Crippen molar-refractivity contribution in [1.29, 1.82) is 0 Å². The number of nitrogens with one attached hydrogen (secondary N) is 1. The molecule has 1 N–H and O–H groups in total. The summed E-state index contributed by atoms with van der Waals surface area (Å²) in [5.74, 6) is 1.92. The van der Waals surface area contributed by atoms with Crippen LogP contribution in [0.2, 0.25) is 0 Å². The third-order valence-electron chi connectivity index (χ3n) is 5.58. The first-order valence-electron chi connectivity index (χ1n) is 10.5. The molecule has 1 heterocycles. The van der Waals surface area contributed by atoms with Gasteiger partial charge in [-0.25, -0.2) is 17.7 Å². The van der Waals surface area contributed by atoms with Crippen LogP contribution in [0.4, 0.5) is 0 Å². The molecule has 0 radical (unpaired) electrons. The fraction of sp³-hybridized carbons (Fsp3) is 0.391. The van der Waals surface area contributed by atoms with E-state index in [1.54, 1.807) is 44.6 Å². The van der Waals surface area contributed by atoms with Crippen molar-refractivity contribution in [2.45, 2.75) is 30.7 Å². The maximum atomic E-state index is 12.6. The van der Waals surface area contributed by atoms with Crippen LogP contribution < -0.4 is 14.8 Å². The molecule has 0 fully saturated rings. The molecule has 0 saturated carbocycles. The van der Waals surface area contributed by atoms with Gasteiger partial charge in [-0.15, -0.1) is 0 Å². The Bertz CT molecular complexity index is 1270. The molecule has 0 aliphatic rings. The summed E-state index contributed by atoms with van der Waals surface area (Å²) in [7, 11) is 4.46. The number of ether oxygens (including phenoxy) is 2. The summed E-state index contributed by atoms with van der Waals surface area (Å²) in [4.78, 5) is 17.4. The van der Waals surface area contributed by atoms with E-state index in [2.05, 4.69) is 10.3 Å². The lowest BCUT2D eigenvalue weighted by Gasteiger charge is -2.18. The number of carbonyl (C=O) groups is 1. The number of hydrogen-bond acceptors (Lipinski definition) is 6. The molecule has 1 aromatic heterocycles.